The summed E-state index contributed by atoms with van der Waals surface area (Å²) in [4.78, 5) is 17.5. The van der Waals surface area contributed by atoms with Crippen molar-refractivity contribution in [3.05, 3.63) is 18.3 Å². The summed E-state index contributed by atoms with van der Waals surface area (Å²) < 4.78 is 37.2. The Bertz CT molecular complexity index is 676. The molecule has 1 amide bonds. The number of hydrogen-bond donors (Lipinski definition) is 1. The monoisotopic (exact) mass is 437 g/mol. The van der Waals surface area contributed by atoms with Crippen LogP contribution < -0.4 is 9.46 Å². The van der Waals surface area contributed by atoms with Crippen LogP contribution in [0.15, 0.2) is 23.2 Å². The molecule has 0 saturated heterocycles. The van der Waals surface area contributed by atoms with E-state index >= 15 is 0 Å². The van der Waals surface area contributed by atoms with E-state index in [2.05, 4.69) is 25.6 Å². The Morgan fingerprint density at radius 2 is 2.08 bits per heavy atom. The van der Waals surface area contributed by atoms with E-state index in [1.807, 2.05) is 20.8 Å². The zero-order chi connectivity index (χ0) is 19.1. The van der Waals surface area contributed by atoms with Gasteiger partial charge in [-0.1, -0.05) is 15.9 Å². The maximum absolute atomic E-state index is 12.2. The first-order chi connectivity index (χ1) is 11.6. The fourth-order valence-corrected chi connectivity index (χ4v) is 3.78. The Hall–Kier alpha value is -1.39. The minimum Gasteiger partial charge on any atom is -0.475 e. The van der Waals surface area contributed by atoms with E-state index in [-0.39, 0.29) is 36.0 Å². The van der Waals surface area contributed by atoms with Gasteiger partial charge in [0.25, 0.3) is 0 Å². The molecule has 25 heavy (non-hydrogen) atoms. The molecule has 1 N–H and O–H groups in total. The van der Waals surface area contributed by atoms with Gasteiger partial charge in [0.15, 0.2) is 0 Å². The summed E-state index contributed by atoms with van der Waals surface area (Å²) in [6, 6.07) is 2.91. The summed E-state index contributed by atoms with van der Waals surface area (Å²) in [7, 11) is -3.73. The fourth-order valence-electron chi connectivity index (χ4n) is 1.97. The van der Waals surface area contributed by atoms with Crippen molar-refractivity contribution in [2.75, 3.05) is 25.2 Å². The third-order valence-corrected chi connectivity index (χ3v) is 5.19. The Morgan fingerprint density at radius 3 is 2.64 bits per heavy atom. The van der Waals surface area contributed by atoms with Crippen LogP contribution in [0.1, 0.15) is 27.7 Å². The van der Waals surface area contributed by atoms with Crippen molar-refractivity contribution in [3.63, 3.8) is 0 Å². The molecule has 0 fully saturated rings. The number of ether oxygens (including phenoxy) is 2. The molecule has 0 aromatic carbocycles. The molecule has 0 saturated carbocycles. The summed E-state index contributed by atoms with van der Waals surface area (Å²) in [5.74, 6) is -0.0198. The SMILES string of the molecule is CCOC(=O)N(CCOc1ncccc1S(=O)(=O)NCBr)C(C)(C)C. The van der Waals surface area contributed by atoms with E-state index in [0.29, 0.717) is 0 Å². The van der Waals surface area contributed by atoms with E-state index < -0.39 is 21.7 Å². The normalized spacial score (nSPS) is 11.9. The van der Waals surface area contributed by atoms with Gasteiger partial charge in [-0.2, -0.15) is 0 Å². The van der Waals surface area contributed by atoms with Crippen molar-refractivity contribution in [3.8, 4) is 5.88 Å². The number of nitrogens with one attached hydrogen (secondary N) is 1. The van der Waals surface area contributed by atoms with Crippen LogP contribution in [0.4, 0.5) is 4.79 Å². The highest BCUT2D eigenvalue weighted by Gasteiger charge is 2.28. The minimum absolute atomic E-state index is 0.0198. The number of halogens is 1. The van der Waals surface area contributed by atoms with Crippen LogP contribution in [0.2, 0.25) is 0 Å². The van der Waals surface area contributed by atoms with Crippen LogP contribution >= 0.6 is 15.9 Å². The standard InChI is InChI=1S/C15H24BrN3O5S/c1-5-23-14(20)19(15(2,3)4)9-10-24-13-12(7-6-8-17-13)25(21,22)18-11-16/h6-8,18H,5,9-11H2,1-4H3. The van der Waals surface area contributed by atoms with E-state index in [9.17, 15) is 13.2 Å². The number of amides is 1. The number of hydrogen-bond acceptors (Lipinski definition) is 6. The topological polar surface area (TPSA) is 97.8 Å². The summed E-state index contributed by atoms with van der Waals surface area (Å²) in [6.07, 6.45) is 0.989. The van der Waals surface area contributed by atoms with E-state index in [1.54, 1.807) is 6.92 Å². The van der Waals surface area contributed by atoms with Crippen LogP contribution in [0.5, 0.6) is 5.88 Å². The summed E-state index contributed by atoms with van der Waals surface area (Å²) in [5, 5.41) is 0. The maximum Gasteiger partial charge on any atom is 0.410 e. The second-order valence-electron chi connectivity index (χ2n) is 5.96. The predicted molar refractivity (Wildman–Crippen MR) is 97.3 cm³/mol. The lowest BCUT2D eigenvalue weighted by Crippen LogP contribution is -2.47. The van der Waals surface area contributed by atoms with Crippen molar-refractivity contribution in [2.24, 2.45) is 0 Å². The summed E-state index contributed by atoms with van der Waals surface area (Å²) >= 11 is 3.02. The second kappa shape index (κ2) is 9.35. The van der Waals surface area contributed by atoms with E-state index in [4.69, 9.17) is 9.47 Å². The Kier molecular flexibility index (Phi) is 8.10. The van der Waals surface area contributed by atoms with Gasteiger partial charge < -0.3 is 9.47 Å². The van der Waals surface area contributed by atoms with E-state index in [1.165, 1.54) is 23.2 Å². The first kappa shape index (κ1) is 21.7. The number of carbonyl (C=O) groups is 1. The van der Waals surface area contributed by atoms with Gasteiger partial charge in [-0.15, -0.1) is 0 Å². The van der Waals surface area contributed by atoms with Crippen LogP contribution in [0, 0.1) is 0 Å². The maximum atomic E-state index is 12.2. The average Bonchev–Trinajstić information content (AvgIpc) is 2.50. The zero-order valence-electron chi connectivity index (χ0n) is 14.8. The number of nitrogens with zero attached hydrogens (tertiary/aromatic N) is 2. The lowest BCUT2D eigenvalue weighted by Gasteiger charge is -2.34. The largest absolute Gasteiger partial charge is 0.475 e. The molecule has 0 bridgehead atoms. The Balaban J connectivity index is 2.86. The van der Waals surface area contributed by atoms with Gasteiger partial charge in [0.1, 0.15) is 11.5 Å². The number of pyridine rings is 1. The summed E-state index contributed by atoms with van der Waals surface area (Å²) in [6.45, 7) is 7.93. The molecule has 0 aliphatic heterocycles. The number of rotatable bonds is 8. The third kappa shape index (κ3) is 6.44. The third-order valence-electron chi connectivity index (χ3n) is 3.12. The lowest BCUT2D eigenvalue weighted by molar-refractivity contribution is 0.0627. The number of sulfonamides is 1. The molecule has 142 valence electrons. The van der Waals surface area contributed by atoms with Crippen molar-refractivity contribution in [1.82, 2.24) is 14.6 Å². The Morgan fingerprint density at radius 1 is 1.40 bits per heavy atom. The molecule has 8 nitrogen and oxygen atoms in total. The van der Waals surface area contributed by atoms with Crippen LogP contribution in [0.25, 0.3) is 0 Å². The van der Waals surface area contributed by atoms with Crippen LogP contribution in [-0.2, 0) is 14.8 Å². The molecule has 0 aliphatic carbocycles. The molecule has 1 aromatic heterocycles. The molecule has 0 aliphatic rings. The predicted octanol–water partition coefficient (Wildman–Crippen LogP) is 2.35. The lowest BCUT2D eigenvalue weighted by atomic mass is 10.1. The van der Waals surface area contributed by atoms with Gasteiger partial charge in [-0.3, -0.25) is 4.90 Å². The molecule has 1 rings (SSSR count). The molecule has 0 spiro atoms. The molecule has 0 unspecified atom stereocenters. The number of alkyl halides is 1. The number of carbonyl (C=O) groups excluding carboxylic acids is 1. The first-order valence-corrected chi connectivity index (χ1v) is 10.3. The van der Waals surface area contributed by atoms with Gasteiger partial charge in [0, 0.05) is 11.7 Å². The van der Waals surface area contributed by atoms with Gasteiger partial charge in [-0.05, 0) is 39.8 Å². The van der Waals surface area contributed by atoms with Gasteiger partial charge in [0.2, 0.25) is 15.9 Å². The molecule has 1 aromatic rings. The first-order valence-electron chi connectivity index (χ1n) is 7.71. The second-order valence-corrected chi connectivity index (χ2v) is 8.25. The number of aromatic nitrogens is 1. The van der Waals surface area contributed by atoms with Crippen LogP contribution in [0.3, 0.4) is 0 Å². The molecule has 1 heterocycles. The quantitative estimate of drug-likeness (QED) is 0.494. The van der Waals surface area contributed by atoms with E-state index in [0.717, 1.165) is 0 Å². The average molecular weight is 438 g/mol. The smallest absolute Gasteiger partial charge is 0.410 e. The highest BCUT2D eigenvalue weighted by molar-refractivity contribution is 9.09. The molecular formula is C15H24BrN3O5S. The zero-order valence-corrected chi connectivity index (χ0v) is 17.2. The minimum atomic E-state index is -3.73. The summed E-state index contributed by atoms with van der Waals surface area (Å²) in [5.41, 5.74) is -0.392. The van der Waals surface area contributed by atoms with Crippen molar-refractivity contribution in [1.29, 1.82) is 0 Å². The highest BCUT2D eigenvalue weighted by Crippen LogP contribution is 2.21. The van der Waals surface area contributed by atoms with Crippen molar-refractivity contribution < 1.29 is 22.7 Å². The van der Waals surface area contributed by atoms with Gasteiger partial charge in [-0.25, -0.2) is 22.9 Å². The highest BCUT2D eigenvalue weighted by atomic mass is 79.9. The molecule has 0 radical (unpaired) electrons. The van der Waals surface area contributed by atoms with Crippen molar-refractivity contribution >= 4 is 32.0 Å². The fraction of sp³-hybridized carbons (Fsp3) is 0.600. The Labute approximate surface area is 157 Å². The van der Waals surface area contributed by atoms with Crippen molar-refractivity contribution in [2.45, 2.75) is 38.1 Å². The molecule has 0 atom stereocenters. The van der Waals surface area contributed by atoms with Crippen LogP contribution in [-0.4, -0.2) is 55.1 Å². The van der Waals surface area contributed by atoms with Gasteiger partial charge >= 0.3 is 6.09 Å². The molecule has 10 heteroatoms. The molecular weight excluding hydrogens is 414 g/mol. The van der Waals surface area contributed by atoms with Gasteiger partial charge in [0.05, 0.1) is 18.6 Å².